The maximum absolute atomic E-state index is 12.1. The smallest absolute Gasteiger partial charge is 0.239 e. The van der Waals surface area contributed by atoms with Crippen molar-refractivity contribution in [2.45, 2.75) is 19.4 Å². The van der Waals surface area contributed by atoms with Crippen LogP contribution in [-0.2, 0) is 16.1 Å². The lowest BCUT2D eigenvalue weighted by Gasteiger charge is -2.16. The fourth-order valence-corrected chi connectivity index (χ4v) is 3.48. The average Bonchev–Trinajstić information content (AvgIpc) is 3.41. The second kappa shape index (κ2) is 9.05. The maximum Gasteiger partial charge on any atom is 0.239 e. The fourth-order valence-electron chi connectivity index (χ4n) is 3.35. The third-order valence-corrected chi connectivity index (χ3v) is 5.21. The van der Waals surface area contributed by atoms with Gasteiger partial charge < -0.3 is 20.0 Å². The summed E-state index contributed by atoms with van der Waals surface area (Å²) >= 11 is 5.91. The predicted octanol–water partition coefficient (Wildman–Crippen LogP) is 4.46. The molecule has 0 unspecified atom stereocenters. The first-order valence-electron chi connectivity index (χ1n) is 9.84. The van der Waals surface area contributed by atoms with E-state index in [1.165, 1.54) is 0 Å². The zero-order chi connectivity index (χ0) is 20.9. The second-order valence-corrected chi connectivity index (χ2v) is 7.54. The van der Waals surface area contributed by atoms with Crippen molar-refractivity contribution >= 4 is 34.8 Å². The molecule has 2 aromatic carbocycles. The highest BCUT2D eigenvalue weighted by Crippen LogP contribution is 2.24. The van der Waals surface area contributed by atoms with Crippen molar-refractivity contribution in [1.29, 1.82) is 0 Å². The molecule has 0 saturated carbocycles. The first-order chi connectivity index (χ1) is 14.6. The minimum Gasteiger partial charge on any atom is -0.459 e. The molecule has 6 nitrogen and oxygen atoms in total. The summed E-state index contributed by atoms with van der Waals surface area (Å²) < 4.78 is 5.78. The predicted molar refractivity (Wildman–Crippen MR) is 118 cm³/mol. The number of rotatable bonds is 7. The van der Waals surface area contributed by atoms with Crippen LogP contribution >= 0.6 is 11.6 Å². The highest BCUT2D eigenvalue weighted by molar-refractivity contribution is 6.30. The molecule has 1 fully saturated rings. The lowest BCUT2D eigenvalue weighted by atomic mass is 10.2. The SMILES string of the molecule is O=C(CNc1ccc(N2CCCC2=O)cc1)NCc1ccc(-c2ccc(Cl)cc2)o1. The van der Waals surface area contributed by atoms with E-state index in [4.69, 9.17) is 16.0 Å². The Morgan fingerprint density at radius 3 is 2.50 bits per heavy atom. The fraction of sp³-hybridized carbons (Fsp3) is 0.217. The molecule has 30 heavy (non-hydrogen) atoms. The van der Waals surface area contributed by atoms with Crippen LogP contribution in [0.2, 0.25) is 5.02 Å². The van der Waals surface area contributed by atoms with Crippen LogP contribution < -0.4 is 15.5 Å². The van der Waals surface area contributed by atoms with Gasteiger partial charge in [0.15, 0.2) is 0 Å². The summed E-state index contributed by atoms with van der Waals surface area (Å²) in [5, 5.41) is 6.59. The maximum atomic E-state index is 12.1. The molecule has 0 spiro atoms. The van der Waals surface area contributed by atoms with E-state index in [2.05, 4.69) is 10.6 Å². The average molecular weight is 424 g/mol. The number of carbonyl (C=O) groups excluding carboxylic acids is 2. The number of nitrogens with zero attached hydrogens (tertiary/aromatic N) is 1. The molecule has 0 bridgehead atoms. The van der Waals surface area contributed by atoms with Gasteiger partial charge in [-0.25, -0.2) is 0 Å². The number of furan rings is 1. The van der Waals surface area contributed by atoms with E-state index in [1.807, 2.05) is 60.7 Å². The van der Waals surface area contributed by atoms with Crippen LogP contribution in [0.5, 0.6) is 0 Å². The van der Waals surface area contributed by atoms with E-state index in [9.17, 15) is 9.59 Å². The third kappa shape index (κ3) is 4.83. The van der Waals surface area contributed by atoms with E-state index < -0.39 is 0 Å². The Kier molecular flexibility index (Phi) is 6.05. The summed E-state index contributed by atoms with van der Waals surface area (Å²) in [5.41, 5.74) is 2.64. The highest BCUT2D eigenvalue weighted by atomic mass is 35.5. The Hall–Kier alpha value is -3.25. The number of carbonyl (C=O) groups is 2. The van der Waals surface area contributed by atoms with Crippen LogP contribution in [0.1, 0.15) is 18.6 Å². The molecule has 7 heteroatoms. The number of halogens is 1. The van der Waals surface area contributed by atoms with Crippen LogP contribution in [-0.4, -0.2) is 24.9 Å². The van der Waals surface area contributed by atoms with Gasteiger partial charge in [0.2, 0.25) is 11.8 Å². The Balaban J connectivity index is 1.24. The van der Waals surface area contributed by atoms with Crippen molar-refractivity contribution < 1.29 is 14.0 Å². The molecule has 2 heterocycles. The Bertz CT molecular complexity index is 1030. The van der Waals surface area contributed by atoms with Crippen molar-refractivity contribution in [2.75, 3.05) is 23.3 Å². The Labute approximate surface area is 179 Å². The summed E-state index contributed by atoms with van der Waals surface area (Å²) in [6.45, 7) is 1.22. The van der Waals surface area contributed by atoms with Gasteiger partial charge in [-0.2, -0.15) is 0 Å². The van der Waals surface area contributed by atoms with Crippen LogP contribution in [0.3, 0.4) is 0 Å². The molecule has 1 aromatic heterocycles. The summed E-state index contributed by atoms with van der Waals surface area (Å²) in [4.78, 5) is 25.7. The van der Waals surface area contributed by atoms with E-state index in [-0.39, 0.29) is 18.4 Å². The van der Waals surface area contributed by atoms with Crippen molar-refractivity contribution in [3.63, 3.8) is 0 Å². The molecule has 2 amide bonds. The van der Waals surface area contributed by atoms with Gasteiger partial charge in [-0.05, 0) is 67.1 Å². The van der Waals surface area contributed by atoms with Gasteiger partial charge in [-0.1, -0.05) is 11.6 Å². The van der Waals surface area contributed by atoms with Crippen LogP contribution in [0.4, 0.5) is 11.4 Å². The van der Waals surface area contributed by atoms with Gasteiger partial charge in [-0.15, -0.1) is 0 Å². The summed E-state index contributed by atoms with van der Waals surface area (Å²) in [6, 6.07) is 18.6. The van der Waals surface area contributed by atoms with E-state index >= 15 is 0 Å². The number of nitrogens with one attached hydrogen (secondary N) is 2. The molecule has 1 saturated heterocycles. The normalized spacial score (nSPS) is 13.5. The standard InChI is InChI=1S/C23H22ClN3O3/c24-17-5-3-16(4-6-17)21-12-11-20(30-21)14-26-22(28)15-25-18-7-9-19(10-8-18)27-13-1-2-23(27)29/h3-12,25H,1-2,13-15H2,(H,26,28). The zero-order valence-electron chi connectivity index (χ0n) is 16.4. The van der Waals surface area contributed by atoms with Gasteiger partial charge >= 0.3 is 0 Å². The van der Waals surface area contributed by atoms with Crippen molar-refractivity contribution in [3.8, 4) is 11.3 Å². The molecule has 3 aromatic rings. The van der Waals surface area contributed by atoms with Crippen LogP contribution in [0.15, 0.2) is 65.1 Å². The number of amides is 2. The molecular formula is C23H22ClN3O3. The minimum absolute atomic E-state index is 0.141. The van der Waals surface area contributed by atoms with E-state index in [1.54, 1.807) is 4.90 Å². The van der Waals surface area contributed by atoms with Gasteiger partial charge in [0.05, 0.1) is 13.1 Å². The molecular weight excluding hydrogens is 402 g/mol. The van der Waals surface area contributed by atoms with Gasteiger partial charge in [0, 0.05) is 34.9 Å². The quantitative estimate of drug-likeness (QED) is 0.588. The molecule has 4 rings (SSSR count). The number of anilines is 2. The number of hydrogen-bond acceptors (Lipinski definition) is 4. The van der Waals surface area contributed by atoms with E-state index in [0.717, 1.165) is 35.7 Å². The largest absolute Gasteiger partial charge is 0.459 e. The van der Waals surface area contributed by atoms with Gasteiger partial charge in [0.25, 0.3) is 0 Å². The lowest BCUT2D eigenvalue weighted by Crippen LogP contribution is -2.29. The molecule has 1 aliphatic heterocycles. The molecule has 1 aliphatic rings. The second-order valence-electron chi connectivity index (χ2n) is 7.10. The summed E-state index contributed by atoms with van der Waals surface area (Å²) in [7, 11) is 0. The van der Waals surface area contributed by atoms with Crippen molar-refractivity contribution in [3.05, 3.63) is 71.4 Å². The Morgan fingerprint density at radius 2 is 1.80 bits per heavy atom. The zero-order valence-corrected chi connectivity index (χ0v) is 17.1. The molecule has 0 atom stereocenters. The highest BCUT2D eigenvalue weighted by Gasteiger charge is 2.21. The first-order valence-corrected chi connectivity index (χ1v) is 10.2. The van der Waals surface area contributed by atoms with E-state index in [0.29, 0.717) is 23.7 Å². The molecule has 2 N–H and O–H groups in total. The lowest BCUT2D eigenvalue weighted by molar-refractivity contribution is -0.119. The number of hydrogen-bond donors (Lipinski definition) is 2. The minimum atomic E-state index is -0.141. The molecule has 0 aliphatic carbocycles. The van der Waals surface area contributed by atoms with Crippen LogP contribution in [0, 0.1) is 0 Å². The topological polar surface area (TPSA) is 74.6 Å². The molecule has 0 radical (unpaired) electrons. The van der Waals surface area contributed by atoms with Crippen LogP contribution in [0.25, 0.3) is 11.3 Å². The van der Waals surface area contributed by atoms with Crippen molar-refractivity contribution in [1.82, 2.24) is 5.32 Å². The number of benzene rings is 2. The first kappa shape index (κ1) is 20.0. The summed E-state index contributed by atoms with van der Waals surface area (Å²) in [5.74, 6) is 1.42. The van der Waals surface area contributed by atoms with Gasteiger partial charge in [0.1, 0.15) is 11.5 Å². The summed E-state index contributed by atoms with van der Waals surface area (Å²) in [6.07, 6.45) is 1.51. The van der Waals surface area contributed by atoms with Crippen molar-refractivity contribution in [2.24, 2.45) is 0 Å². The third-order valence-electron chi connectivity index (χ3n) is 4.96. The van der Waals surface area contributed by atoms with Gasteiger partial charge in [-0.3, -0.25) is 9.59 Å². The monoisotopic (exact) mass is 423 g/mol. The molecule has 154 valence electrons. The Morgan fingerprint density at radius 1 is 1.03 bits per heavy atom.